The molecule has 0 aromatic heterocycles. The molecule has 0 aliphatic carbocycles. The van der Waals surface area contributed by atoms with Crippen LogP contribution in [0.2, 0.25) is 5.02 Å². The van der Waals surface area contributed by atoms with Gasteiger partial charge in [-0.05, 0) is 36.8 Å². The third kappa shape index (κ3) is 5.38. The Morgan fingerprint density at radius 3 is 2.66 bits per heavy atom. The van der Waals surface area contributed by atoms with Crippen LogP contribution in [-0.2, 0) is 4.74 Å². The van der Waals surface area contributed by atoms with Gasteiger partial charge in [0.15, 0.2) is 11.5 Å². The Bertz CT molecular complexity index is 841. The van der Waals surface area contributed by atoms with Gasteiger partial charge >= 0.3 is 0 Å². The van der Waals surface area contributed by atoms with Gasteiger partial charge in [-0.3, -0.25) is 9.69 Å². The number of amides is 1. The Labute approximate surface area is 174 Å². The molecule has 2 aromatic carbocycles. The van der Waals surface area contributed by atoms with Crippen molar-refractivity contribution in [2.24, 2.45) is 0 Å². The van der Waals surface area contributed by atoms with E-state index in [0.717, 1.165) is 18.7 Å². The number of halogens is 2. The first-order valence-electron chi connectivity index (χ1n) is 9.50. The van der Waals surface area contributed by atoms with Crippen LogP contribution < -0.4 is 10.1 Å². The van der Waals surface area contributed by atoms with Crippen molar-refractivity contribution in [3.8, 4) is 11.5 Å². The number of nitrogens with one attached hydrogen (secondary N) is 1. The number of ether oxygens (including phenoxy) is 2. The molecule has 1 aliphatic heterocycles. The molecule has 1 heterocycles. The van der Waals surface area contributed by atoms with Gasteiger partial charge in [0.25, 0.3) is 5.91 Å². The van der Waals surface area contributed by atoms with E-state index in [1.165, 1.54) is 24.3 Å². The molecule has 0 radical (unpaired) electrons. The molecular formula is C21H24ClFN2O4. The summed E-state index contributed by atoms with van der Waals surface area (Å²) in [6, 6.07) is 9.02. The maximum atomic E-state index is 13.4. The van der Waals surface area contributed by atoms with Gasteiger partial charge in [0.2, 0.25) is 0 Å². The van der Waals surface area contributed by atoms with Gasteiger partial charge < -0.3 is 19.9 Å². The lowest BCUT2D eigenvalue weighted by Crippen LogP contribution is -2.43. The largest absolute Gasteiger partial charge is 0.503 e. The van der Waals surface area contributed by atoms with Crippen LogP contribution in [0.25, 0.3) is 0 Å². The summed E-state index contributed by atoms with van der Waals surface area (Å²) in [5, 5.41) is 12.9. The highest BCUT2D eigenvalue weighted by atomic mass is 35.5. The quantitative estimate of drug-likeness (QED) is 0.715. The average molecular weight is 423 g/mol. The fourth-order valence-electron chi connectivity index (χ4n) is 3.29. The number of rotatable bonds is 7. The molecule has 1 amide bonds. The summed E-state index contributed by atoms with van der Waals surface area (Å²) < 4.78 is 24.1. The zero-order valence-electron chi connectivity index (χ0n) is 16.2. The summed E-state index contributed by atoms with van der Waals surface area (Å²) in [4.78, 5) is 14.9. The van der Waals surface area contributed by atoms with Crippen LogP contribution in [-0.4, -0.2) is 55.4 Å². The molecule has 8 heteroatoms. The minimum atomic E-state index is -0.340. The van der Waals surface area contributed by atoms with Crippen molar-refractivity contribution in [2.75, 3.05) is 39.5 Å². The second-order valence-electron chi connectivity index (χ2n) is 6.66. The summed E-state index contributed by atoms with van der Waals surface area (Å²) in [6.45, 7) is 5.09. The highest BCUT2D eigenvalue weighted by molar-refractivity contribution is 6.32. The lowest BCUT2D eigenvalue weighted by Gasteiger charge is -2.35. The van der Waals surface area contributed by atoms with Gasteiger partial charge in [-0.15, -0.1) is 0 Å². The third-order valence-electron chi connectivity index (χ3n) is 4.79. The van der Waals surface area contributed by atoms with Crippen LogP contribution in [0.4, 0.5) is 4.39 Å². The fourth-order valence-corrected chi connectivity index (χ4v) is 3.50. The third-order valence-corrected chi connectivity index (χ3v) is 5.08. The first kappa shape index (κ1) is 21.4. The monoisotopic (exact) mass is 422 g/mol. The maximum Gasteiger partial charge on any atom is 0.251 e. The summed E-state index contributed by atoms with van der Waals surface area (Å²) >= 11 is 6.03. The van der Waals surface area contributed by atoms with Crippen molar-refractivity contribution >= 4 is 17.5 Å². The SMILES string of the molecule is CCOc1cc(C(=O)NCC(c2ccc(F)cc2)N2CCOCC2)cc(Cl)c1O. The van der Waals surface area contributed by atoms with Crippen molar-refractivity contribution in [3.63, 3.8) is 0 Å². The topological polar surface area (TPSA) is 71.0 Å². The number of nitrogens with zero attached hydrogens (tertiary/aromatic N) is 1. The number of benzene rings is 2. The first-order chi connectivity index (χ1) is 14.0. The van der Waals surface area contributed by atoms with Crippen molar-refractivity contribution in [1.29, 1.82) is 0 Å². The normalized spacial score (nSPS) is 15.7. The predicted molar refractivity (Wildman–Crippen MR) is 108 cm³/mol. The van der Waals surface area contributed by atoms with E-state index in [1.807, 2.05) is 0 Å². The van der Waals surface area contributed by atoms with E-state index >= 15 is 0 Å². The molecule has 2 aromatic rings. The Morgan fingerprint density at radius 1 is 1.31 bits per heavy atom. The Hall–Kier alpha value is -2.35. The number of carbonyl (C=O) groups excluding carboxylic acids is 1. The highest BCUT2D eigenvalue weighted by Gasteiger charge is 2.24. The predicted octanol–water partition coefficient (Wildman–Crippen LogP) is 3.39. The van der Waals surface area contributed by atoms with E-state index in [4.69, 9.17) is 21.1 Å². The van der Waals surface area contributed by atoms with Gasteiger partial charge in [0, 0.05) is 25.2 Å². The maximum absolute atomic E-state index is 13.4. The van der Waals surface area contributed by atoms with E-state index < -0.39 is 0 Å². The van der Waals surface area contributed by atoms with E-state index in [2.05, 4.69) is 10.2 Å². The standard InChI is InChI=1S/C21H24ClFN2O4/c1-2-29-19-12-15(11-17(22)20(19)26)21(27)24-13-18(25-7-9-28-10-8-25)14-3-5-16(23)6-4-14/h3-6,11-12,18,26H,2,7-10,13H2,1H3,(H,24,27). The summed E-state index contributed by atoms with van der Waals surface area (Å²) in [5.74, 6) is -0.676. The zero-order chi connectivity index (χ0) is 20.8. The van der Waals surface area contributed by atoms with E-state index in [1.54, 1.807) is 19.1 Å². The summed E-state index contributed by atoms with van der Waals surface area (Å²) in [7, 11) is 0. The fraction of sp³-hybridized carbons (Fsp3) is 0.381. The molecule has 0 bridgehead atoms. The second kappa shape index (κ2) is 9.91. The van der Waals surface area contributed by atoms with E-state index in [9.17, 15) is 14.3 Å². The van der Waals surface area contributed by atoms with Crippen molar-refractivity contribution in [1.82, 2.24) is 10.2 Å². The number of aromatic hydroxyl groups is 1. The number of hydrogen-bond donors (Lipinski definition) is 2. The van der Waals surface area contributed by atoms with E-state index in [0.29, 0.717) is 26.4 Å². The van der Waals surface area contributed by atoms with Gasteiger partial charge in [-0.25, -0.2) is 4.39 Å². The minimum absolute atomic E-state index is 0.0457. The van der Waals surface area contributed by atoms with Crippen LogP contribution in [0.1, 0.15) is 28.9 Å². The van der Waals surface area contributed by atoms with Crippen LogP contribution >= 0.6 is 11.6 Å². The van der Waals surface area contributed by atoms with Crippen molar-refractivity contribution in [3.05, 3.63) is 58.4 Å². The van der Waals surface area contributed by atoms with Crippen molar-refractivity contribution < 1.29 is 23.8 Å². The van der Waals surface area contributed by atoms with Gasteiger partial charge in [-0.2, -0.15) is 0 Å². The minimum Gasteiger partial charge on any atom is -0.503 e. The molecule has 3 rings (SSSR count). The number of phenolic OH excluding ortho intramolecular Hbond substituents is 1. The smallest absolute Gasteiger partial charge is 0.251 e. The van der Waals surface area contributed by atoms with Crippen LogP contribution in [0.15, 0.2) is 36.4 Å². The lowest BCUT2D eigenvalue weighted by molar-refractivity contribution is 0.0162. The second-order valence-corrected chi connectivity index (χ2v) is 7.07. The molecule has 29 heavy (non-hydrogen) atoms. The van der Waals surface area contributed by atoms with E-state index in [-0.39, 0.29) is 39.9 Å². The van der Waals surface area contributed by atoms with Gasteiger partial charge in [-0.1, -0.05) is 23.7 Å². The molecule has 2 N–H and O–H groups in total. The zero-order valence-corrected chi connectivity index (χ0v) is 16.9. The molecule has 0 saturated carbocycles. The number of morpholine rings is 1. The van der Waals surface area contributed by atoms with Gasteiger partial charge in [0.1, 0.15) is 5.82 Å². The molecule has 1 aliphatic rings. The van der Waals surface area contributed by atoms with Crippen LogP contribution in [0, 0.1) is 5.82 Å². The van der Waals surface area contributed by atoms with Gasteiger partial charge in [0.05, 0.1) is 30.9 Å². The Balaban J connectivity index is 1.76. The first-order valence-corrected chi connectivity index (χ1v) is 9.88. The number of phenols is 1. The van der Waals surface area contributed by atoms with Crippen molar-refractivity contribution in [2.45, 2.75) is 13.0 Å². The molecule has 1 fully saturated rings. The lowest BCUT2D eigenvalue weighted by atomic mass is 10.0. The molecule has 1 saturated heterocycles. The number of carbonyl (C=O) groups is 1. The molecule has 156 valence electrons. The summed E-state index contributed by atoms with van der Waals surface area (Å²) in [6.07, 6.45) is 0. The average Bonchev–Trinajstić information content (AvgIpc) is 2.73. The Morgan fingerprint density at radius 2 is 2.00 bits per heavy atom. The summed E-state index contributed by atoms with van der Waals surface area (Å²) in [5.41, 5.74) is 1.20. The Kier molecular flexibility index (Phi) is 7.30. The highest BCUT2D eigenvalue weighted by Crippen LogP contribution is 2.35. The molecular weight excluding hydrogens is 399 g/mol. The number of hydrogen-bond acceptors (Lipinski definition) is 5. The molecule has 1 atom stereocenters. The molecule has 6 nitrogen and oxygen atoms in total. The van der Waals surface area contributed by atoms with Crippen LogP contribution in [0.3, 0.4) is 0 Å². The molecule has 0 spiro atoms. The van der Waals surface area contributed by atoms with Crippen LogP contribution in [0.5, 0.6) is 11.5 Å². The molecule has 1 unspecified atom stereocenters.